The molecule has 3 aromatic rings. The van der Waals surface area contributed by atoms with Crippen LogP contribution >= 0.6 is 0 Å². The van der Waals surface area contributed by atoms with Crippen LogP contribution < -0.4 is 15.4 Å². The van der Waals surface area contributed by atoms with Crippen LogP contribution in [0.4, 0.5) is 11.4 Å². The second kappa shape index (κ2) is 9.73. The van der Waals surface area contributed by atoms with Crippen LogP contribution in [-0.2, 0) is 9.59 Å². The molecule has 4 rings (SSSR count). The Morgan fingerprint density at radius 3 is 2.58 bits per heavy atom. The maximum atomic E-state index is 13.3. The van der Waals surface area contributed by atoms with Crippen molar-refractivity contribution in [1.82, 2.24) is 4.90 Å². The van der Waals surface area contributed by atoms with Crippen molar-refractivity contribution in [3.63, 3.8) is 0 Å². The first kappa shape index (κ1) is 22.3. The molecule has 33 heavy (non-hydrogen) atoms. The third-order valence-corrected chi connectivity index (χ3v) is 5.88. The van der Waals surface area contributed by atoms with Gasteiger partial charge in [0.15, 0.2) is 0 Å². The van der Waals surface area contributed by atoms with Crippen LogP contribution in [0.3, 0.4) is 0 Å². The summed E-state index contributed by atoms with van der Waals surface area (Å²) < 4.78 is 5.36. The number of nitrogens with one attached hydrogen (secondary N) is 2. The first-order valence-corrected chi connectivity index (χ1v) is 11.0. The van der Waals surface area contributed by atoms with Gasteiger partial charge in [-0.15, -0.1) is 0 Å². The van der Waals surface area contributed by atoms with Gasteiger partial charge in [0.05, 0.1) is 18.7 Å². The first-order chi connectivity index (χ1) is 16.0. The quantitative estimate of drug-likeness (QED) is 0.613. The molecule has 1 heterocycles. The molecule has 1 unspecified atom stereocenters. The number of benzene rings is 3. The van der Waals surface area contributed by atoms with Crippen molar-refractivity contribution in [3.8, 4) is 5.75 Å². The molecule has 1 fully saturated rings. The number of hydrogen-bond acceptors (Lipinski definition) is 4. The van der Waals surface area contributed by atoms with E-state index in [1.807, 2.05) is 42.5 Å². The second-order valence-electron chi connectivity index (χ2n) is 8.20. The van der Waals surface area contributed by atoms with Gasteiger partial charge in [-0.2, -0.15) is 0 Å². The maximum Gasteiger partial charge on any atom is 0.254 e. The van der Waals surface area contributed by atoms with Crippen molar-refractivity contribution < 1.29 is 19.1 Å². The molecule has 3 aromatic carbocycles. The summed E-state index contributed by atoms with van der Waals surface area (Å²) in [5, 5.41) is 7.55. The van der Waals surface area contributed by atoms with Crippen molar-refractivity contribution in [1.29, 1.82) is 0 Å². The fourth-order valence-electron chi connectivity index (χ4n) is 4.28. The lowest BCUT2D eigenvalue weighted by atomic mass is 9.95. The third-order valence-electron chi connectivity index (χ3n) is 5.88. The van der Waals surface area contributed by atoms with E-state index >= 15 is 0 Å². The molecule has 0 aromatic heterocycles. The normalized spacial score (nSPS) is 15.7. The predicted molar refractivity (Wildman–Crippen MR) is 129 cm³/mol. The zero-order valence-electron chi connectivity index (χ0n) is 18.8. The molecule has 1 aliphatic heterocycles. The Balaban J connectivity index is 1.50. The van der Waals surface area contributed by atoms with Gasteiger partial charge >= 0.3 is 0 Å². The summed E-state index contributed by atoms with van der Waals surface area (Å²) in [6.07, 6.45) is 1.44. The van der Waals surface area contributed by atoms with Crippen molar-refractivity contribution in [2.75, 3.05) is 30.8 Å². The SMILES string of the molecule is COc1ccc(NC(C)=O)cc1NC(=O)C1CCCN(C(=O)c2cccc3ccccc23)C1. The third kappa shape index (κ3) is 4.98. The first-order valence-electron chi connectivity index (χ1n) is 11.0. The fourth-order valence-corrected chi connectivity index (χ4v) is 4.28. The number of ether oxygens (including phenoxy) is 1. The molecule has 3 amide bonds. The van der Waals surface area contributed by atoms with E-state index in [1.165, 1.54) is 14.0 Å². The summed E-state index contributed by atoms with van der Waals surface area (Å²) in [6, 6.07) is 18.6. The average molecular weight is 446 g/mol. The van der Waals surface area contributed by atoms with Crippen molar-refractivity contribution >= 4 is 39.9 Å². The molecule has 0 bridgehead atoms. The number of nitrogens with zero attached hydrogens (tertiary/aromatic N) is 1. The van der Waals surface area contributed by atoms with Gasteiger partial charge in [0.2, 0.25) is 11.8 Å². The number of carbonyl (C=O) groups excluding carboxylic acids is 3. The highest BCUT2D eigenvalue weighted by Gasteiger charge is 2.30. The van der Waals surface area contributed by atoms with E-state index in [2.05, 4.69) is 10.6 Å². The molecule has 170 valence electrons. The Hall–Kier alpha value is -3.87. The summed E-state index contributed by atoms with van der Waals surface area (Å²) in [7, 11) is 1.52. The molecular formula is C26H27N3O4. The molecule has 0 spiro atoms. The van der Waals surface area contributed by atoms with Gasteiger partial charge in [-0.25, -0.2) is 0 Å². The Bertz CT molecular complexity index is 1200. The minimum Gasteiger partial charge on any atom is -0.495 e. The molecule has 0 radical (unpaired) electrons. The smallest absolute Gasteiger partial charge is 0.254 e. The van der Waals surface area contributed by atoms with Crippen LogP contribution in [-0.4, -0.2) is 42.8 Å². The van der Waals surface area contributed by atoms with Crippen LogP contribution in [0.2, 0.25) is 0 Å². The Morgan fingerprint density at radius 2 is 1.79 bits per heavy atom. The Kier molecular flexibility index (Phi) is 6.58. The number of carbonyl (C=O) groups is 3. The maximum absolute atomic E-state index is 13.3. The molecule has 1 aliphatic rings. The van der Waals surface area contributed by atoms with Gasteiger partial charge in [-0.1, -0.05) is 36.4 Å². The molecule has 1 atom stereocenters. The predicted octanol–water partition coefficient (Wildman–Crippen LogP) is 4.30. The summed E-state index contributed by atoms with van der Waals surface area (Å²) in [6.45, 7) is 2.39. The minimum absolute atomic E-state index is 0.0606. The number of piperidine rings is 1. The summed E-state index contributed by atoms with van der Waals surface area (Å²) in [4.78, 5) is 39.6. The largest absolute Gasteiger partial charge is 0.495 e. The van der Waals surface area contributed by atoms with E-state index < -0.39 is 0 Å². The summed E-state index contributed by atoms with van der Waals surface area (Å²) >= 11 is 0. The van der Waals surface area contributed by atoms with Crippen molar-refractivity contribution in [2.45, 2.75) is 19.8 Å². The van der Waals surface area contributed by atoms with Gasteiger partial charge < -0.3 is 20.3 Å². The molecule has 7 heteroatoms. The number of rotatable bonds is 5. The van der Waals surface area contributed by atoms with E-state index in [4.69, 9.17) is 4.74 Å². The van der Waals surface area contributed by atoms with Gasteiger partial charge in [0, 0.05) is 31.3 Å². The second-order valence-corrected chi connectivity index (χ2v) is 8.20. The molecule has 1 saturated heterocycles. The van der Waals surface area contributed by atoms with Crippen LogP contribution in [0.5, 0.6) is 5.75 Å². The number of anilines is 2. The highest BCUT2D eigenvalue weighted by Crippen LogP contribution is 2.30. The average Bonchev–Trinajstić information content (AvgIpc) is 2.83. The van der Waals surface area contributed by atoms with Crippen molar-refractivity contribution in [2.24, 2.45) is 5.92 Å². The molecule has 0 aliphatic carbocycles. The zero-order valence-corrected chi connectivity index (χ0v) is 18.8. The van der Waals surface area contributed by atoms with Gasteiger partial charge in [-0.3, -0.25) is 14.4 Å². The lowest BCUT2D eigenvalue weighted by molar-refractivity contribution is -0.121. The van der Waals surface area contributed by atoms with Gasteiger partial charge in [0.1, 0.15) is 5.75 Å². The van der Waals surface area contributed by atoms with Gasteiger partial charge in [0.25, 0.3) is 5.91 Å². The Morgan fingerprint density at radius 1 is 1.00 bits per heavy atom. The van der Waals surface area contributed by atoms with Crippen LogP contribution in [0.25, 0.3) is 10.8 Å². The van der Waals surface area contributed by atoms with Crippen molar-refractivity contribution in [3.05, 3.63) is 66.2 Å². The highest BCUT2D eigenvalue weighted by atomic mass is 16.5. The van der Waals surface area contributed by atoms with E-state index in [0.717, 1.165) is 17.2 Å². The molecular weight excluding hydrogens is 418 g/mol. The van der Waals surface area contributed by atoms with Crippen LogP contribution in [0.1, 0.15) is 30.1 Å². The lowest BCUT2D eigenvalue weighted by Gasteiger charge is -2.32. The number of fused-ring (bicyclic) bond motifs is 1. The van der Waals surface area contributed by atoms with E-state index in [-0.39, 0.29) is 23.6 Å². The van der Waals surface area contributed by atoms with Gasteiger partial charge in [-0.05, 0) is 47.9 Å². The zero-order chi connectivity index (χ0) is 23.4. The summed E-state index contributed by atoms with van der Waals surface area (Å²) in [5.74, 6) is -0.283. The minimum atomic E-state index is -0.341. The lowest BCUT2D eigenvalue weighted by Crippen LogP contribution is -2.43. The number of amides is 3. The number of hydrogen-bond donors (Lipinski definition) is 2. The monoisotopic (exact) mass is 445 g/mol. The Labute approximate surface area is 192 Å². The molecule has 0 saturated carbocycles. The van der Waals surface area contributed by atoms with Crippen LogP contribution in [0.15, 0.2) is 60.7 Å². The van der Waals surface area contributed by atoms with Crippen LogP contribution in [0, 0.1) is 5.92 Å². The van der Waals surface area contributed by atoms with E-state index in [0.29, 0.717) is 42.2 Å². The summed E-state index contributed by atoms with van der Waals surface area (Å²) in [5.41, 5.74) is 1.69. The number of methoxy groups -OCH3 is 1. The standard InChI is InChI=1S/C26H27N3O4/c1-17(30)27-20-12-13-24(33-2)23(15-20)28-25(31)19-9-6-14-29(16-19)26(32)22-11-5-8-18-7-3-4-10-21(18)22/h3-5,7-8,10-13,15,19H,6,9,14,16H2,1-2H3,(H,27,30)(H,28,31). The molecule has 7 nitrogen and oxygen atoms in total. The van der Waals surface area contributed by atoms with E-state index in [1.54, 1.807) is 23.1 Å². The fraction of sp³-hybridized carbons (Fsp3) is 0.269. The molecule has 2 N–H and O–H groups in total. The topological polar surface area (TPSA) is 87.7 Å². The highest BCUT2D eigenvalue weighted by molar-refractivity contribution is 6.07. The van der Waals surface area contributed by atoms with E-state index in [9.17, 15) is 14.4 Å². The number of likely N-dealkylation sites (tertiary alicyclic amines) is 1.